The van der Waals surface area contributed by atoms with Crippen LogP contribution >= 0.6 is 11.8 Å². The summed E-state index contributed by atoms with van der Waals surface area (Å²) in [6.45, 7) is 2.05. The van der Waals surface area contributed by atoms with Gasteiger partial charge in [-0.25, -0.2) is 17.5 Å². The molecule has 0 heterocycles. The molecule has 1 aromatic carbocycles. The van der Waals surface area contributed by atoms with E-state index in [4.69, 9.17) is 5.73 Å². The van der Waals surface area contributed by atoms with E-state index in [0.717, 1.165) is 31.1 Å². The van der Waals surface area contributed by atoms with Gasteiger partial charge in [-0.2, -0.15) is 11.8 Å². The highest BCUT2D eigenvalue weighted by Gasteiger charge is 2.32. The second-order valence-electron chi connectivity index (χ2n) is 4.80. The number of anilines is 1. The Bertz CT molecular complexity index is 578. The molecular formula is C13H19FN2O2S2. The van der Waals surface area contributed by atoms with Gasteiger partial charge in [0.1, 0.15) is 10.7 Å². The lowest BCUT2D eigenvalue weighted by Gasteiger charge is -2.20. The van der Waals surface area contributed by atoms with Crippen molar-refractivity contribution in [3.63, 3.8) is 0 Å². The van der Waals surface area contributed by atoms with E-state index in [1.54, 1.807) is 11.8 Å². The monoisotopic (exact) mass is 318 g/mol. The number of thioether (sulfide) groups is 1. The summed E-state index contributed by atoms with van der Waals surface area (Å²) in [5.74, 6) is 0.240. The maximum Gasteiger partial charge on any atom is 0.243 e. The van der Waals surface area contributed by atoms with Gasteiger partial charge in [-0.15, -0.1) is 0 Å². The quantitative estimate of drug-likeness (QED) is 0.818. The maximum absolute atomic E-state index is 13.4. The van der Waals surface area contributed by atoms with Gasteiger partial charge in [0.2, 0.25) is 10.0 Å². The van der Waals surface area contributed by atoms with E-state index in [2.05, 4.69) is 11.6 Å². The topological polar surface area (TPSA) is 72.2 Å². The Labute approximate surface area is 123 Å². The molecule has 0 aliphatic heterocycles. The average molecular weight is 318 g/mol. The van der Waals surface area contributed by atoms with Gasteiger partial charge in [-0.3, -0.25) is 0 Å². The van der Waals surface area contributed by atoms with Crippen LogP contribution in [0.3, 0.4) is 0 Å². The van der Waals surface area contributed by atoms with E-state index in [-0.39, 0.29) is 21.9 Å². The Morgan fingerprint density at radius 1 is 1.45 bits per heavy atom. The van der Waals surface area contributed by atoms with Crippen LogP contribution in [0.4, 0.5) is 10.1 Å². The normalized spacial score (nSPS) is 23.1. The molecule has 2 rings (SSSR count). The minimum atomic E-state index is -3.78. The summed E-state index contributed by atoms with van der Waals surface area (Å²) in [5.41, 5.74) is 5.22. The van der Waals surface area contributed by atoms with Gasteiger partial charge in [0.15, 0.2) is 0 Å². The Balaban J connectivity index is 2.21. The second-order valence-corrected chi connectivity index (χ2v) is 8.00. The largest absolute Gasteiger partial charge is 0.395 e. The van der Waals surface area contributed by atoms with Gasteiger partial charge in [-0.05, 0) is 30.7 Å². The van der Waals surface area contributed by atoms with Crippen molar-refractivity contribution in [1.82, 2.24) is 4.72 Å². The fourth-order valence-electron chi connectivity index (χ4n) is 2.49. The van der Waals surface area contributed by atoms with Crippen LogP contribution in [0.2, 0.25) is 0 Å². The third-order valence-electron chi connectivity index (χ3n) is 3.44. The number of para-hydroxylation sites is 1. The zero-order valence-corrected chi connectivity index (χ0v) is 12.9. The van der Waals surface area contributed by atoms with Crippen molar-refractivity contribution in [3.05, 3.63) is 24.0 Å². The van der Waals surface area contributed by atoms with Crippen LogP contribution in [0.25, 0.3) is 0 Å². The van der Waals surface area contributed by atoms with Gasteiger partial charge >= 0.3 is 0 Å². The highest BCUT2D eigenvalue weighted by atomic mass is 32.2. The number of nitrogen functional groups attached to an aromatic ring is 1. The van der Waals surface area contributed by atoms with Crippen LogP contribution in [0.15, 0.2) is 23.1 Å². The van der Waals surface area contributed by atoms with Gasteiger partial charge in [0.25, 0.3) is 0 Å². The highest BCUT2D eigenvalue weighted by Crippen LogP contribution is 2.31. The van der Waals surface area contributed by atoms with Crippen molar-refractivity contribution >= 4 is 27.5 Å². The Morgan fingerprint density at radius 2 is 2.20 bits per heavy atom. The van der Waals surface area contributed by atoms with Gasteiger partial charge in [0.05, 0.1) is 5.69 Å². The van der Waals surface area contributed by atoms with Crippen LogP contribution in [-0.4, -0.2) is 25.5 Å². The first-order chi connectivity index (χ1) is 9.45. The summed E-state index contributed by atoms with van der Waals surface area (Å²) in [7, 11) is -3.78. The van der Waals surface area contributed by atoms with Crippen molar-refractivity contribution in [1.29, 1.82) is 0 Å². The van der Waals surface area contributed by atoms with E-state index in [0.29, 0.717) is 0 Å². The minimum absolute atomic E-state index is 0.104. The molecule has 112 valence electrons. The van der Waals surface area contributed by atoms with Crippen LogP contribution in [0, 0.1) is 5.82 Å². The second kappa shape index (κ2) is 6.32. The lowest BCUT2D eigenvalue weighted by molar-refractivity contribution is 0.554. The summed E-state index contributed by atoms with van der Waals surface area (Å²) in [6, 6.07) is 3.73. The molecule has 1 aromatic rings. The zero-order valence-electron chi connectivity index (χ0n) is 11.3. The summed E-state index contributed by atoms with van der Waals surface area (Å²) in [5, 5.41) is 0.282. The number of halogens is 1. The number of rotatable bonds is 5. The minimum Gasteiger partial charge on any atom is -0.395 e. The Kier molecular flexibility index (Phi) is 4.93. The third kappa shape index (κ3) is 3.27. The molecule has 2 atom stereocenters. The van der Waals surface area contributed by atoms with E-state index >= 15 is 0 Å². The number of nitrogens with two attached hydrogens (primary N) is 1. The first-order valence-corrected chi connectivity index (χ1v) is 9.17. The summed E-state index contributed by atoms with van der Waals surface area (Å²) in [6.07, 6.45) is 2.82. The van der Waals surface area contributed by atoms with Crippen LogP contribution in [-0.2, 0) is 10.0 Å². The predicted octanol–water partition coefficient (Wildman–Crippen LogP) is 2.36. The smallest absolute Gasteiger partial charge is 0.243 e. The molecule has 0 bridgehead atoms. The molecule has 1 saturated carbocycles. The molecule has 1 fully saturated rings. The number of hydrogen-bond acceptors (Lipinski definition) is 4. The molecule has 0 aromatic heterocycles. The standard InChI is InChI=1S/C13H19FN2O2S2/c1-2-19-11-7-4-6-10(11)16-20(17,18)12-8-3-5-9(14)13(12)15/h3,5,8,10-11,16H,2,4,6-7,15H2,1H3. The molecule has 0 saturated heterocycles. The van der Waals surface area contributed by atoms with E-state index in [1.807, 2.05) is 0 Å². The molecule has 2 unspecified atom stereocenters. The van der Waals surface area contributed by atoms with Crippen LogP contribution < -0.4 is 10.5 Å². The SMILES string of the molecule is CCSC1CCCC1NS(=O)(=O)c1cccc(F)c1N. The third-order valence-corrected chi connectivity index (χ3v) is 6.32. The average Bonchev–Trinajstić information content (AvgIpc) is 2.80. The number of benzene rings is 1. The molecule has 1 aliphatic rings. The zero-order chi connectivity index (χ0) is 14.8. The van der Waals surface area contributed by atoms with Gasteiger partial charge in [0, 0.05) is 11.3 Å². The number of hydrogen-bond donors (Lipinski definition) is 2. The Hall–Kier alpha value is -0.790. The molecule has 1 aliphatic carbocycles. The fourth-order valence-corrected chi connectivity index (χ4v) is 5.23. The van der Waals surface area contributed by atoms with Crippen LogP contribution in [0.1, 0.15) is 26.2 Å². The molecule has 3 N–H and O–H groups in total. The van der Waals surface area contributed by atoms with E-state index in [9.17, 15) is 12.8 Å². The van der Waals surface area contributed by atoms with Crippen molar-refractivity contribution in [2.45, 2.75) is 42.4 Å². The number of sulfonamides is 1. The maximum atomic E-state index is 13.4. The van der Waals surface area contributed by atoms with Crippen molar-refractivity contribution in [3.8, 4) is 0 Å². The Morgan fingerprint density at radius 3 is 2.90 bits per heavy atom. The molecule has 7 heteroatoms. The molecule has 0 spiro atoms. The first kappa shape index (κ1) is 15.6. The van der Waals surface area contributed by atoms with Crippen molar-refractivity contribution in [2.75, 3.05) is 11.5 Å². The van der Waals surface area contributed by atoms with Crippen molar-refractivity contribution in [2.24, 2.45) is 0 Å². The summed E-state index contributed by atoms with van der Waals surface area (Å²) < 4.78 is 40.8. The number of nitrogens with one attached hydrogen (secondary N) is 1. The summed E-state index contributed by atoms with van der Waals surface area (Å²) in [4.78, 5) is -0.176. The lowest BCUT2D eigenvalue weighted by atomic mass is 10.3. The van der Waals surface area contributed by atoms with Gasteiger partial charge in [-0.1, -0.05) is 19.4 Å². The highest BCUT2D eigenvalue weighted by molar-refractivity contribution is 8.00. The van der Waals surface area contributed by atoms with Gasteiger partial charge < -0.3 is 5.73 Å². The molecule has 20 heavy (non-hydrogen) atoms. The predicted molar refractivity (Wildman–Crippen MR) is 80.7 cm³/mol. The van der Waals surface area contributed by atoms with Crippen LogP contribution in [0.5, 0.6) is 0 Å². The lowest BCUT2D eigenvalue weighted by Crippen LogP contribution is -2.39. The molecule has 0 radical (unpaired) electrons. The van der Waals surface area contributed by atoms with Crippen molar-refractivity contribution < 1.29 is 12.8 Å². The molecule has 0 amide bonds. The fraction of sp³-hybridized carbons (Fsp3) is 0.538. The van der Waals surface area contributed by atoms with E-state index in [1.165, 1.54) is 12.1 Å². The first-order valence-electron chi connectivity index (χ1n) is 6.63. The van der Waals surface area contributed by atoms with E-state index < -0.39 is 15.8 Å². The molecular weight excluding hydrogens is 299 g/mol. The summed E-state index contributed by atoms with van der Waals surface area (Å²) >= 11 is 1.76. The molecule has 4 nitrogen and oxygen atoms in total.